The van der Waals surface area contributed by atoms with Crippen molar-refractivity contribution < 1.29 is 4.79 Å². The van der Waals surface area contributed by atoms with Crippen molar-refractivity contribution in [3.8, 4) is 17.2 Å². The number of carbonyl (C=O) groups is 1. The number of hydrogen-bond acceptors (Lipinski definition) is 3. The summed E-state index contributed by atoms with van der Waals surface area (Å²) in [6.07, 6.45) is 1.38. The number of carbonyl (C=O) groups excluding carboxylic acids is 1. The van der Waals surface area contributed by atoms with Crippen molar-refractivity contribution in [3.63, 3.8) is 0 Å². The first kappa shape index (κ1) is 16.2. The monoisotopic (exact) mass is 329 g/mol. The fourth-order valence-electron chi connectivity index (χ4n) is 2.53. The summed E-state index contributed by atoms with van der Waals surface area (Å²) in [7, 11) is 0. The number of nitrogens with zero attached hydrogens (tertiary/aromatic N) is 2. The van der Waals surface area contributed by atoms with Gasteiger partial charge in [-0.25, -0.2) is 0 Å². The van der Waals surface area contributed by atoms with Crippen molar-refractivity contribution >= 4 is 11.6 Å². The number of anilines is 1. The lowest BCUT2D eigenvalue weighted by molar-refractivity contribution is -0.116. The molecular formula is C20H15N3O2. The van der Waals surface area contributed by atoms with Crippen molar-refractivity contribution in [1.82, 2.24) is 4.57 Å². The van der Waals surface area contributed by atoms with Crippen molar-refractivity contribution in [3.05, 3.63) is 88.8 Å². The van der Waals surface area contributed by atoms with Crippen LogP contribution < -0.4 is 10.9 Å². The smallest absolute Gasteiger partial charge is 0.251 e. The zero-order valence-corrected chi connectivity index (χ0v) is 13.3. The Morgan fingerprint density at radius 1 is 1.00 bits per heavy atom. The van der Waals surface area contributed by atoms with Gasteiger partial charge in [0, 0.05) is 23.5 Å². The Kier molecular flexibility index (Phi) is 4.72. The van der Waals surface area contributed by atoms with Gasteiger partial charge in [0.05, 0.1) is 5.56 Å². The Hall–Kier alpha value is -3.65. The lowest BCUT2D eigenvalue weighted by atomic mass is 10.0. The maximum Gasteiger partial charge on any atom is 0.251 e. The molecule has 0 aliphatic rings. The lowest BCUT2D eigenvalue weighted by Crippen LogP contribution is -2.27. The molecule has 5 nitrogen and oxygen atoms in total. The maximum absolute atomic E-state index is 12.4. The van der Waals surface area contributed by atoms with Crippen molar-refractivity contribution in [2.75, 3.05) is 5.32 Å². The average Bonchev–Trinajstić information content (AvgIpc) is 2.64. The van der Waals surface area contributed by atoms with Crippen LogP contribution in [0.15, 0.2) is 77.7 Å². The SMILES string of the molecule is N#Cc1ccc(=O)n(CC(=O)Nc2ccccc2-c2ccccc2)c1. The van der Waals surface area contributed by atoms with Gasteiger partial charge in [-0.05, 0) is 17.7 Å². The first-order chi connectivity index (χ1) is 12.2. The largest absolute Gasteiger partial charge is 0.324 e. The van der Waals surface area contributed by atoms with Crippen LogP contribution in [-0.2, 0) is 11.3 Å². The Bertz CT molecular complexity index is 1000. The predicted molar refractivity (Wildman–Crippen MR) is 95.9 cm³/mol. The quantitative estimate of drug-likeness (QED) is 0.799. The number of benzene rings is 2. The van der Waals surface area contributed by atoms with E-state index in [-0.39, 0.29) is 18.0 Å². The van der Waals surface area contributed by atoms with Crippen LogP contribution in [0.3, 0.4) is 0 Å². The molecule has 0 aliphatic heterocycles. The summed E-state index contributed by atoms with van der Waals surface area (Å²) in [4.78, 5) is 24.2. The van der Waals surface area contributed by atoms with Crippen molar-refractivity contribution in [2.24, 2.45) is 0 Å². The predicted octanol–water partition coefficient (Wildman–Crippen LogP) is 3.03. The molecule has 0 bridgehead atoms. The van der Waals surface area contributed by atoms with E-state index in [4.69, 9.17) is 5.26 Å². The zero-order chi connectivity index (χ0) is 17.6. The highest BCUT2D eigenvalue weighted by Gasteiger charge is 2.09. The summed E-state index contributed by atoms with van der Waals surface area (Å²) in [5.41, 5.74) is 2.56. The van der Waals surface area contributed by atoms with Crippen molar-refractivity contribution in [1.29, 1.82) is 5.26 Å². The number of para-hydroxylation sites is 1. The standard InChI is InChI=1S/C20H15N3O2/c21-12-15-10-11-20(25)23(13-15)14-19(24)22-18-9-5-4-8-17(18)16-6-2-1-3-7-16/h1-11,13H,14H2,(H,22,24). The summed E-state index contributed by atoms with van der Waals surface area (Å²) < 4.78 is 1.22. The van der Waals surface area contributed by atoms with Gasteiger partial charge >= 0.3 is 0 Å². The molecule has 0 spiro atoms. The van der Waals surface area contributed by atoms with Crippen molar-refractivity contribution in [2.45, 2.75) is 6.54 Å². The number of amides is 1. The molecule has 1 amide bonds. The molecule has 1 heterocycles. The molecule has 5 heteroatoms. The normalized spacial score (nSPS) is 10.0. The van der Waals surface area contributed by atoms with Crippen LogP contribution in [0.4, 0.5) is 5.69 Å². The third-order valence-corrected chi connectivity index (χ3v) is 3.71. The highest BCUT2D eigenvalue weighted by molar-refractivity contribution is 5.95. The van der Waals surface area contributed by atoms with Crippen LogP contribution in [-0.4, -0.2) is 10.5 Å². The molecule has 3 rings (SSSR count). The zero-order valence-electron chi connectivity index (χ0n) is 13.3. The Balaban J connectivity index is 1.83. The molecule has 0 atom stereocenters. The Labute approximate surface area is 144 Å². The Morgan fingerprint density at radius 3 is 2.48 bits per heavy atom. The highest BCUT2D eigenvalue weighted by Crippen LogP contribution is 2.27. The maximum atomic E-state index is 12.4. The lowest BCUT2D eigenvalue weighted by Gasteiger charge is -2.12. The van der Waals surface area contributed by atoms with E-state index in [0.717, 1.165) is 11.1 Å². The minimum Gasteiger partial charge on any atom is -0.324 e. The number of nitrogens with one attached hydrogen (secondary N) is 1. The van der Waals surface area contributed by atoms with Crippen LogP contribution in [0.1, 0.15) is 5.56 Å². The van der Waals surface area contributed by atoms with Gasteiger partial charge in [0.25, 0.3) is 5.56 Å². The molecule has 122 valence electrons. The summed E-state index contributed by atoms with van der Waals surface area (Å²) in [5.74, 6) is -0.333. The molecular weight excluding hydrogens is 314 g/mol. The molecule has 0 fully saturated rings. The van der Waals surface area contributed by atoms with E-state index in [1.807, 2.05) is 60.7 Å². The second-order valence-electron chi connectivity index (χ2n) is 5.46. The van der Waals surface area contributed by atoms with Gasteiger partial charge in [-0.2, -0.15) is 5.26 Å². The summed E-state index contributed by atoms with van der Waals surface area (Å²) in [6, 6.07) is 21.9. The topological polar surface area (TPSA) is 74.9 Å². The highest BCUT2D eigenvalue weighted by atomic mass is 16.2. The molecule has 0 aliphatic carbocycles. The summed E-state index contributed by atoms with van der Waals surface area (Å²) in [6.45, 7) is -0.155. The molecule has 1 aromatic heterocycles. The summed E-state index contributed by atoms with van der Waals surface area (Å²) in [5, 5.41) is 11.8. The Morgan fingerprint density at radius 2 is 1.72 bits per heavy atom. The summed E-state index contributed by atoms with van der Waals surface area (Å²) >= 11 is 0. The van der Waals surface area contributed by atoms with Gasteiger partial charge in [-0.15, -0.1) is 0 Å². The van der Waals surface area contributed by atoms with E-state index in [9.17, 15) is 9.59 Å². The molecule has 25 heavy (non-hydrogen) atoms. The second kappa shape index (κ2) is 7.28. The number of pyridine rings is 1. The van der Waals surface area contributed by atoms with E-state index in [0.29, 0.717) is 11.3 Å². The number of rotatable bonds is 4. The minimum absolute atomic E-state index is 0.155. The van der Waals surface area contributed by atoms with E-state index >= 15 is 0 Å². The third kappa shape index (κ3) is 3.82. The number of aromatic nitrogens is 1. The number of nitriles is 1. The van der Waals surface area contributed by atoms with Crippen LogP contribution >= 0.6 is 0 Å². The second-order valence-corrected chi connectivity index (χ2v) is 5.46. The van der Waals surface area contributed by atoms with Gasteiger partial charge < -0.3 is 9.88 Å². The van der Waals surface area contributed by atoms with Gasteiger partial charge in [0.2, 0.25) is 5.91 Å². The molecule has 3 aromatic rings. The first-order valence-corrected chi connectivity index (χ1v) is 7.72. The van der Waals surface area contributed by atoms with Crippen LogP contribution in [0.2, 0.25) is 0 Å². The molecule has 0 radical (unpaired) electrons. The third-order valence-electron chi connectivity index (χ3n) is 3.71. The fraction of sp³-hybridized carbons (Fsp3) is 0.0500. The van der Waals surface area contributed by atoms with E-state index in [2.05, 4.69) is 5.32 Å². The van der Waals surface area contributed by atoms with Gasteiger partial charge in [-0.3, -0.25) is 9.59 Å². The molecule has 0 unspecified atom stereocenters. The van der Waals surface area contributed by atoms with Crippen LogP contribution in [0.5, 0.6) is 0 Å². The fourth-order valence-corrected chi connectivity index (χ4v) is 2.53. The molecule has 0 saturated carbocycles. The van der Waals surface area contributed by atoms with E-state index in [1.54, 1.807) is 0 Å². The van der Waals surface area contributed by atoms with Crippen LogP contribution in [0.25, 0.3) is 11.1 Å². The minimum atomic E-state index is -0.333. The van der Waals surface area contributed by atoms with Gasteiger partial charge in [0.15, 0.2) is 0 Å². The van der Waals surface area contributed by atoms with E-state index < -0.39 is 0 Å². The van der Waals surface area contributed by atoms with Gasteiger partial charge in [-0.1, -0.05) is 48.5 Å². The molecule has 0 saturated heterocycles. The van der Waals surface area contributed by atoms with Crippen LogP contribution in [0, 0.1) is 11.3 Å². The van der Waals surface area contributed by atoms with Gasteiger partial charge in [0.1, 0.15) is 12.6 Å². The van der Waals surface area contributed by atoms with E-state index in [1.165, 1.54) is 22.9 Å². The molecule has 2 aromatic carbocycles. The number of hydrogen-bond donors (Lipinski definition) is 1. The first-order valence-electron chi connectivity index (χ1n) is 7.72. The molecule has 1 N–H and O–H groups in total. The average molecular weight is 329 g/mol.